The number of hydrogen-bond acceptors (Lipinski definition) is 4. The molecule has 1 aliphatic rings. The van der Waals surface area contributed by atoms with Gasteiger partial charge in [0, 0.05) is 16.7 Å². The van der Waals surface area contributed by atoms with Gasteiger partial charge in [0.1, 0.15) is 0 Å². The van der Waals surface area contributed by atoms with Crippen LogP contribution in [-0.2, 0) is 0 Å². The Labute approximate surface area is 256 Å². The Bertz CT molecular complexity index is 1070. The van der Waals surface area contributed by atoms with E-state index in [1.807, 2.05) is 18.2 Å². The second kappa shape index (κ2) is 20.3. The van der Waals surface area contributed by atoms with Crippen LogP contribution in [0.2, 0.25) is 0 Å². The summed E-state index contributed by atoms with van der Waals surface area (Å²) < 4.78 is 12.5. The van der Waals surface area contributed by atoms with Gasteiger partial charge in [0.25, 0.3) is 0 Å². The maximum absolute atomic E-state index is 13.6. The topological polar surface area (TPSA) is 52.6 Å². The highest BCUT2D eigenvalue weighted by molar-refractivity contribution is 6.29. The maximum atomic E-state index is 13.6. The summed E-state index contributed by atoms with van der Waals surface area (Å²) in [6, 6.07) is 10.7. The number of rotatable bonds is 24. The average molecular weight is 577 g/mol. The number of ketones is 2. The molecule has 42 heavy (non-hydrogen) atoms. The molecule has 0 saturated carbocycles. The normalized spacial score (nSPS) is 12.3. The molecule has 0 saturated heterocycles. The molecule has 0 radical (unpaired) electrons. The molecular formula is C38H56O4. The molecule has 0 atom stereocenters. The molecule has 0 N–H and O–H groups in total. The number of unbranched alkanes of at least 4 members (excludes halogenated alkanes) is 18. The third-order valence-electron chi connectivity index (χ3n) is 8.51. The molecule has 0 amide bonds. The second-order valence-electron chi connectivity index (χ2n) is 12.1. The van der Waals surface area contributed by atoms with Crippen LogP contribution in [0.3, 0.4) is 0 Å². The van der Waals surface area contributed by atoms with Gasteiger partial charge in [-0.25, -0.2) is 0 Å². The predicted octanol–water partition coefficient (Wildman–Crippen LogP) is 11.1. The molecule has 4 nitrogen and oxygen atoms in total. The summed E-state index contributed by atoms with van der Waals surface area (Å²) in [5.74, 6) is 0.758. The van der Waals surface area contributed by atoms with Crippen molar-refractivity contribution < 1.29 is 19.1 Å². The third kappa shape index (κ3) is 10.9. The monoisotopic (exact) mass is 576 g/mol. The van der Waals surface area contributed by atoms with Crippen LogP contribution in [-0.4, -0.2) is 24.8 Å². The van der Waals surface area contributed by atoms with E-state index in [2.05, 4.69) is 13.8 Å². The van der Waals surface area contributed by atoms with Crippen LogP contribution in [0.15, 0.2) is 36.4 Å². The van der Waals surface area contributed by atoms with E-state index >= 15 is 0 Å². The van der Waals surface area contributed by atoms with Gasteiger partial charge in [-0.1, -0.05) is 154 Å². The Hall–Kier alpha value is -2.62. The maximum Gasteiger partial charge on any atom is 0.198 e. The third-order valence-corrected chi connectivity index (χ3v) is 8.51. The fraction of sp³-hybridized carbons (Fsp3) is 0.632. The molecular weight excluding hydrogens is 520 g/mol. The van der Waals surface area contributed by atoms with Crippen molar-refractivity contribution in [2.45, 2.75) is 142 Å². The van der Waals surface area contributed by atoms with E-state index in [0.717, 1.165) is 25.7 Å². The van der Waals surface area contributed by atoms with Crippen molar-refractivity contribution in [1.82, 2.24) is 0 Å². The van der Waals surface area contributed by atoms with Crippen molar-refractivity contribution in [3.05, 3.63) is 58.7 Å². The summed E-state index contributed by atoms with van der Waals surface area (Å²) in [6.45, 7) is 5.62. The first-order valence-electron chi connectivity index (χ1n) is 17.3. The molecule has 0 bridgehead atoms. The van der Waals surface area contributed by atoms with E-state index in [9.17, 15) is 9.59 Å². The average Bonchev–Trinajstić information content (AvgIpc) is 3.01. The standard InChI is InChI=1S/C38H56O4/c1-3-5-7-9-11-13-15-17-19-23-29-41-34-28-27-33-35(37(40)32-26-22-21-25-31(32)36(33)39)38(34)42-30-24-20-18-16-14-12-10-8-6-4-2/h21-22,25-28H,3-20,23-24,29-30H2,1-2H3. The minimum absolute atomic E-state index is 0.120. The predicted molar refractivity (Wildman–Crippen MR) is 174 cm³/mol. The molecule has 2 aromatic rings. The van der Waals surface area contributed by atoms with Gasteiger partial charge in [-0.15, -0.1) is 0 Å². The number of carbonyl (C=O) groups excluding carboxylic acids is 2. The Morgan fingerprint density at radius 2 is 0.881 bits per heavy atom. The number of ether oxygens (including phenoxy) is 2. The van der Waals surface area contributed by atoms with Gasteiger partial charge in [0.2, 0.25) is 0 Å². The van der Waals surface area contributed by atoms with Crippen molar-refractivity contribution in [2.75, 3.05) is 13.2 Å². The minimum Gasteiger partial charge on any atom is -0.490 e. The molecule has 3 rings (SSSR count). The molecule has 0 spiro atoms. The first-order chi connectivity index (χ1) is 20.7. The number of carbonyl (C=O) groups is 2. The lowest BCUT2D eigenvalue weighted by Crippen LogP contribution is -2.22. The Balaban J connectivity index is 1.52. The zero-order valence-electron chi connectivity index (χ0n) is 26.7. The summed E-state index contributed by atoms with van der Waals surface area (Å²) in [5.41, 5.74) is 1.70. The van der Waals surface area contributed by atoms with Crippen LogP contribution in [0.25, 0.3) is 0 Å². The van der Waals surface area contributed by atoms with Crippen LogP contribution >= 0.6 is 0 Å². The lowest BCUT2D eigenvalue weighted by Gasteiger charge is -2.22. The Morgan fingerprint density at radius 3 is 1.38 bits per heavy atom. The van der Waals surface area contributed by atoms with E-state index in [1.54, 1.807) is 18.2 Å². The van der Waals surface area contributed by atoms with Gasteiger partial charge in [0.05, 0.1) is 18.8 Å². The molecule has 0 fully saturated rings. The molecule has 0 aliphatic heterocycles. The molecule has 1 aliphatic carbocycles. The summed E-state index contributed by atoms with van der Waals surface area (Å²) in [7, 11) is 0. The van der Waals surface area contributed by atoms with Crippen molar-refractivity contribution in [1.29, 1.82) is 0 Å². The highest BCUT2D eigenvalue weighted by Gasteiger charge is 2.33. The van der Waals surface area contributed by atoms with Crippen LogP contribution < -0.4 is 9.47 Å². The first-order valence-corrected chi connectivity index (χ1v) is 17.3. The van der Waals surface area contributed by atoms with Gasteiger partial charge in [-0.05, 0) is 25.0 Å². The summed E-state index contributed by atoms with van der Waals surface area (Å²) >= 11 is 0. The van der Waals surface area contributed by atoms with E-state index in [4.69, 9.17) is 9.47 Å². The first kappa shape index (κ1) is 33.9. The van der Waals surface area contributed by atoms with Gasteiger partial charge in [-0.2, -0.15) is 0 Å². The van der Waals surface area contributed by atoms with E-state index < -0.39 is 0 Å². The lowest BCUT2D eigenvalue weighted by molar-refractivity contribution is 0.0974. The highest BCUT2D eigenvalue weighted by atomic mass is 16.5. The SMILES string of the molecule is CCCCCCCCCCCCOc1ccc2c(c1OCCCCCCCCCCCC)C(=O)c1ccccc1C2=O. The van der Waals surface area contributed by atoms with E-state index in [0.29, 0.717) is 47.0 Å². The quantitative estimate of drug-likeness (QED) is 0.0995. The number of hydrogen-bond donors (Lipinski definition) is 0. The fourth-order valence-corrected chi connectivity index (χ4v) is 5.93. The Kier molecular flexibility index (Phi) is 16.4. The van der Waals surface area contributed by atoms with E-state index in [-0.39, 0.29) is 11.6 Å². The van der Waals surface area contributed by atoms with Crippen LogP contribution in [0, 0.1) is 0 Å². The fourth-order valence-electron chi connectivity index (χ4n) is 5.93. The molecule has 232 valence electrons. The summed E-state index contributed by atoms with van der Waals surface area (Å²) in [4.78, 5) is 26.9. The summed E-state index contributed by atoms with van der Waals surface area (Å²) in [6.07, 6.45) is 25.2. The second-order valence-corrected chi connectivity index (χ2v) is 12.1. The minimum atomic E-state index is -0.150. The van der Waals surface area contributed by atoms with Crippen molar-refractivity contribution in [3.63, 3.8) is 0 Å². The highest BCUT2D eigenvalue weighted by Crippen LogP contribution is 2.40. The van der Waals surface area contributed by atoms with Crippen LogP contribution in [0.5, 0.6) is 11.5 Å². The van der Waals surface area contributed by atoms with E-state index in [1.165, 1.54) is 103 Å². The lowest BCUT2D eigenvalue weighted by atomic mass is 9.83. The molecule has 0 aromatic heterocycles. The Morgan fingerprint density at radius 1 is 0.452 bits per heavy atom. The zero-order valence-corrected chi connectivity index (χ0v) is 26.7. The zero-order chi connectivity index (χ0) is 29.8. The molecule has 4 heteroatoms. The van der Waals surface area contributed by atoms with Crippen molar-refractivity contribution >= 4 is 11.6 Å². The van der Waals surface area contributed by atoms with Gasteiger partial charge in [0.15, 0.2) is 23.1 Å². The molecule has 0 heterocycles. The number of benzene rings is 2. The number of fused-ring (bicyclic) bond motifs is 2. The van der Waals surface area contributed by atoms with Crippen LogP contribution in [0.4, 0.5) is 0 Å². The smallest absolute Gasteiger partial charge is 0.198 e. The van der Waals surface area contributed by atoms with Gasteiger partial charge >= 0.3 is 0 Å². The molecule has 2 aromatic carbocycles. The van der Waals surface area contributed by atoms with Gasteiger partial charge < -0.3 is 9.47 Å². The molecule has 0 unspecified atom stereocenters. The van der Waals surface area contributed by atoms with Crippen molar-refractivity contribution in [2.24, 2.45) is 0 Å². The van der Waals surface area contributed by atoms with Gasteiger partial charge in [-0.3, -0.25) is 9.59 Å². The van der Waals surface area contributed by atoms with Crippen LogP contribution in [0.1, 0.15) is 174 Å². The van der Waals surface area contributed by atoms with Crippen molar-refractivity contribution in [3.8, 4) is 11.5 Å². The summed E-state index contributed by atoms with van der Waals surface area (Å²) in [5, 5.41) is 0. The largest absolute Gasteiger partial charge is 0.490 e.